The van der Waals surface area contributed by atoms with E-state index < -0.39 is 12.1 Å². The first kappa shape index (κ1) is 23.0. The van der Waals surface area contributed by atoms with Gasteiger partial charge in [-0.3, -0.25) is 4.79 Å². The van der Waals surface area contributed by atoms with Gasteiger partial charge >= 0.3 is 12.1 Å². The third-order valence-corrected chi connectivity index (χ3v) is 7.73. The molecule has 0 radical (unpaired) electrons. The Labute approximate surface area is 215 Å². The number of nitrogens with two attached hydrogens (primary N) is 2. The number of benzene rings is 1. The summed E-state index contributed by atoms with van der Waals surface area (Å²) < 4.78 is 6.47. The molecule has 0 aliphatic heterocycles. The van der Waals surface area contributed by atoms with E-state index in [9.17, 15) is 9.59 Å². The lowest BCUT2D eigenvalue weighted by atomic mass is 9.86. The van der Waals surface area contributed by atoms with Gasteiger partial charge in [-0.2, -0.15) is 5.10 Å². The van der Waals surface area contributed by atoms with Crippen molar-refractivity contribution in [1.82, 2.24) is 24.7 Å². The molecular formula is C26H23N7O3S. The lowest BCUT2D eigenvalue weighted by Gasteiger charge is -2.27. The fraction of sp³-hybridized carbons (Fsp3) is 0.231. The molecule has 0 spiro atoms. The van der Waals surface area contributed by atoms with Crippen LogP contribution in [0.5, 0.6) is 0 Å². The molecule has 1 fully saturated rings. The molecule has 1 aromatic carbocycles. The highest BCUT2D eigenvalue weighted by Gasteiger charge is 2.31. The van der Waals surface area contributed by atoms with E-state index in [0.717, 1.165) is 27.0 Å². The molecule has 1 saturated carbocycles. The summed E-state index contributed by atoms with van der Waals surface area (Å²) in [6.07, 6.45) is 2.81. The minimum Gasteiger partial charge on any atom is -0.383 e. The summed E-state index contributed by atoms with van der Waals surface area (Å²) in [4.78, 5) is 37.8. The number of fused-ring (bicyclic) bond motifs is 2. The lowest BCUT2D eigenvalue weighted by molar-refractivity contribution is -0.143. The van der Waals surface area contributed by atoms with Crippen LogP contribution in [0.2, 0.25) is 0 Å². The summed E-state index contributed by atoms with van der Waals surface area (Å²) >= 11 is 1.65. The Morgan fingerprint density at radius 3 is 2.62 bits per heavy atom. The molecule has 6 rings (SSSR count). The van der Waals surface area contributed by atoms with Crippen LogP contribution in [0.4, 0.5) is 10.6 Å². The fourth-order valence-corrected chi connectivity index (χ4v) is 5.71. The number of rotatable bonds is 4. The number of hydrogen-bond acceptors (Lipinski definition) is 9. The quantitative estimate of drug-likeness (QED) is 0.259. The highest BCUT2D eigenvalue weighted by atomic mass is 32.1. The molecule has 4 heterocycles. The van der Waals surface area contributed by atoms with Crippen LogP contribution in [-0.2, 0) is 9.53 Å². The maximum Gasteiger partial charge on any atom is 0.412 e. The van der Waals surface area contributed by atoms with Crippen LogP contribution in [0.3, 0.4) is 0 Å². The number of amides is 1. The molecule has 1 aliphatic rings. The number of pyridine rings is 1. The molecule has 1 aliphatic carbocycles. The average molecular weight is 514 g/mol. The first-order chi connectivity index (χ1) is 18.0. The van der Waals surface area contributed by atoms with Gasteiger partial charge in [0.15, 0.2) is 5.65 Å². The smallest absolute Gasteiger partial charge is 0.383 e. The number of anilines is 1. The van der Waals surface area contributed by atoms with E-state index in [1.807, 2.05) is 40.4 Å². The SMILES string of the molecule is NC(=O)OC(=O)C1CCC(n2nc(-c3ccc4ccc(-c5cccs5)nc4c3)c3c(N)ncnc32)CC1. The van der Waals surface area contributed by atoms with Crippen molar-refractivity contribution in [2.24, 2.45) is 11.7 Å². The van der Waals surface area contributed by atoms with Crippen LogP contribution in [0, 0.1) is 5.92 Å². The number of primary amides is 1. The Kier molecular flexibility index (Phi) is 5.76. The molecular weight excluding hydrogens is 490 g/mol. The number of nitrogens with zero attached hydrogens (tertiary/aromatic N) is 5. The molecule has 10 nitrogen and oxygen atoms in total. The average Bonchev–Trinajstić information content (AvgIpc) is 3.57. The van der Waals surface area contributed by atoms with E-state index in [1.165, 1.54) is 6.33 Å². The zero-order valence-corrected chi connectivity index (χ0v) is 20.5. The Balaban J connectivity index is 1.37. The van der Waals surface area contributed by atoms with Crippen molar-refractivity contribution < 1.29 is 14.3 Å². The summed E-state index contributed by atoms with van der Waals surface area (Å²) in [5.41, 5.74) is 15.3. The Bertz CT molecular complexity index is 1640. The first-order valence-electron chi connectivity index (χ1n) is 11.9. The lowest BCUT2D eigenvalue weighted by Crippen LogP contribution is -2.29. The van der Waals surface area contributed by atoms with Gasteiger partial charge in [0.1, 0.15) is 17.8 Å². The van der Waals surface area contributed by atoms with Crippen molar-refractivity contribution >= 4 is 51.2 Å². The van der Waals surface area contributed by atoms with E-state index in [4.69, 9.17) is 21.5 Å². The normalized spacial score (nSPS) is 17.7. The third kappa shape index (κ3) is 4.27. The minimum atomic E-state index is -1.07. The van der Waals surface area contributed by atoms with Crippen molar-refractivity contribution in [1.29, 1.82) is 0 Å². The van der Waals surface area contributed by atoms with Gasteiger partial charge in [-0.25, -0.2) is 24.4 Å². The molecule has 11 heteroatoms. The van der Waals surface area contributed by atoms with Gasteiger partial charge in [0.2, 0.25) is 0 Å². The summed E-state index contributed by atoms with van der Waals surface area (Å²) in [7, 11) is 0. The Morgan fingerprint density at radius 1 is 1.05 bits per heavy atom. The number of hydrogen-bond donors (Lipinski definition) is 2. The van der Waals surface area contributed by atoms with E-state index in [0.29, 0.717) is 48.2 Å². The van der Waals surface area contributed by atoms with Gasteiger partial charge < -0.3 is 16.2 Å². The predicted octanol–water partition coefficient (Wildman–Crippen LogP) is 4.71. The number of nitrogen functional groups attached to an aromatic ring is 1. The fourth-order valence-electron chi connectivity index (χ4n) is 5.02. The molecule has 0 unspecified atom stereocenters. The minimum absolute atomic E-state index is 0.00666. The monoisotopic (exact) mass is 513 g/mol. The second kappa shape index (κ2) is 9.25. The molecule has 186 valence electrons. The third-order valence-electron chi connectivity index (χ3n) is 6.83. The van der Waals surface area contributed by atoms with Crippen molar-refractivity contribution in [3.63, 3.8) is 0 Å². The van der Waals surface area contributed by atoms with Crippen LogP contribution in [0.25, 0.3) is 43.8 Å². The van der Waals surface area contributed by atoms with Crippen LogP contribution in [0.1, 0.15) is 31.7 Å². The highest BCUT2D eigenvalue weighted by Crippen LogP contribution is 2.38. The van der Waals surface area contributed by atoms with Crippen molar-refractivity contribution in [3.05, 3.63) is 54.2 Å². The molecule has 0 saturated heterocycles. The number of carbonyl (C=O) groups excluding carboxylic acids is 2. The Morgan fingerprint density at radius 2 is 1.86 bits per heavy atom. The second-order valence-corrected chi connectivity index (χ2v) is 10.0. The van der Waals surface area contributed by atoms with E-state index in [1.54, 1.807) is 11.3 Å². The topological polar surface area (TPSA) is 152 Å². The van der Waals surface area contributed by atoms with Gasteiger partial charge in [-0.1, -0.05) is 24.3 Å². The Hall–Kier alpha value is -4.38. The zero-order chi connectivity index (χ0) is 25.5. The first-order valence-corrected chi connectivity index (χ1v) is 12.8. The van der Waals surface area contributed by atoms with Gasteiger partial charge in [-0.15, -0.1) is 11.3 Å². The number of aromatic nitrogens is 5. The van der Waals surface area contributed by atoms with E-state index >= 15 is 0 Å². The largest absolute Gasteiger partial charge is 0.412 e. The predicted molar refractivity (Wildman–Crippen MR) is 140 cm³/mol. The molecule has 4 aromatic heterocycles. The van der Waals surface area contributed by atoms with Crippen LogP contribution in [0.15, 0.2) is 54.2 Å². The summed E-state index contributed by atoms with van der Waals surface area (Å²) in [6, 6.07) is 14.2. The summed E-state index contributed by atoms with van der Waals surface area (Å²) in [5, 5.41) is 8.71. The van der Waals surface area contributed by atoms with Gasteiger partial charge in [0.25, 0.3) is 0 Å². The highest BCUT2D eigenvalue weighted by molar-refractivity contribution is 7.13. The number of ether oxygens (including phenoxy) is 1. The maximum atomic E-state index is 12.1. The molecule has 5 aromatic rings. The molecule has 0 atom stereocenters. The summed E-state index contributed by atoms with van der Waals surface area (Å²) in [5.74, 6) is -0.590. The van der Waals surface area contributed by atoms with Gasteiger partial charge in [-0.05, 0) is 49.3 Å². The molecule has 4 N–H and O–H groups in total. The zero-order valence-electron chi connectivity index (χ0n) is 19.7. The van der Waals surface area contributed by atoms with Crippen molar-refractivity contribution in [2.45, 2.75) is 31.7 Å². The van der Waals surface area contributed by atoms with Gasteiger partial charge in [0.05, 0.1) is 33.4 Å². The summed E-state index contributed by atoms with van der Waals surface area (Å²) in [6.45, 7) is 0. The maximum absolute atomic E-state index is 12.1. The molecule has 1 amide bonds. The molecule has 0 bridgehead atoms. The van der Waals surface area contributed by atoms with Crippen LogP contribution >= 0.6 is 11.3 Å². The van der Waals surface area contributed by atoms with E-state index in [-0.39, 0.29) is 12.0 Å². The molecule has 37 heavy (non-hydrogen) atoms. The van der Waals surface area contributed by atoms with Crippen molar-refractivity contribution in [2.75, 3.05) is 5.73 Å². The van der Waals surface area contributed by atoms with Crippen molar-refractivity contribution in [3.8, 4) is 21.8 Å². The number of thiophene rings is 1. The van der Waals surface area contributed by atoms with Crippen LogP contribution < -0.4 is 11.5 Å². The van der Waals surface area contributed by atoms with E-state index in [2.05, 4.69) is 26.8 Å². The van der Waals surface area contributed by atoms with Gasteiger partial charge in [0, 0.05) is 10.9 Å². The standard InChI is InChI=1S/C26H23N7O3S/c27-23-21-22(16-4-3-14-7-10-18(31-19(14)12-16)20-2-1-11-37-20)32-33(24(21)30-13-29-23)17-8-5-15(6-9-17)25(34)36-26(28)35/h1-4,7,10-13,15,17H,5-6,8-9H2,(H2,28,35)(H2,27,29,30). The number of carbonyl (C=O) groups is 2. The van der Waals surface area contributed by atoms with Crippen LogP contribution in [-0.4, -0.2) is 36.8 Å². The second-order valence-electron chi connectivity index (χ2n) is 9.08. The number of esters is 1.